The van der Waals surface area contributed by atoms with Crippen LogP contribution in [0.3, 0.4) is 0 Å². The molecule has 2 atom stereocenters. The third-order valence-electron chi connectivity index (χ3n) is 7.14. The van der Waals surface area contributed by atoms with E-state index < -0.39 is 10.0 Å². The normalized spacial score (nSPS) is 21.4. The first-order valence-corrected chi connectivity index (χ1v) is 14.9. The molecule has 190 valence electrons. The molecule has 0 spiro atoms. The van der Waals surface area contributed by atoms with Gasteiger partial charge < -0.3 is 4.90 Å². The Morgan fingerprint density at radius 3 is 2.44 bits per heavy atom. The van der Waals surface area contributed by atoms with E-state index in [9.17, 15) is 13.2 Å². The number of hydrogen-bond acceptors (Lipinski definition) is 5. The molecule has 9 heteroatoms. The fraction of sp³-hybridized carbons (Fsp3) is 0.370. The predicted octanol–water partition coefficient (Wildman–Crippen LogP) is 4.58. The second-order valence-corrected chi connectivity index (χ2v) is 12.9. The molecule has 1 saturated heterocycles. The maximum atomic E-state index is 13.5. The van der Waals surface area contributed by atoms with Crippen molar-refractivity contribution in [2.24, 2.45) is 0 Å². The summed E-state index contributed by atoms with van der Waals surface area (Å²) >= 11 is 7.72. The SMILES string of the molecule is Cc1ccc(C2c3ccsc3CCN2CC(=O)N2CCN(S(=O)(=O)c3ccc(Cl)cc3)C(C)C2)cc1. The van der Waals surface area contributed by atoms with Crippen LogP contribution in [0.1, 0.15) is 34.5 Å². The Balaban J connectivity index is 1.30. The number of sulfonamides is 1. The number of amides is 1. The first-order valence-electron chi connectivity index (χ1n) is 12.2. The largest absolute Gasteiger partial charge is 0.339 e. The minimum absolute atomic E-state index is 0.0428. The first kappa shape index (κ1) is 25.4. The van der Waals surface area contributed by atoms with E-state index in [1.165, 1.54) is 38.0 Å². The van der Waals surface area contributed by atoms with E-state index >= 15 is 0 Å². The highest BCUT2D eigenvalue weighted by molar-refractivity contribution is 7.89. The van der Waals surface area contributed by atoms with Gasteiger partial charge in [0.05, 0.1) is 17.5 Å². The molecule has 2 aliphatic rings. The summed E-state index contributed by atoms with van der Waals surface area (Å²) in [6.45, 7) is 6.09. The topological polar surface area (TPSA) is 60.9 Å². The van der Waals surface area contributed by atoms with Crippen LogP contribution in [0, 0.1) is 6.92 Å². The number of fused-ring (bicyclic) bond motifs is 1. The van der Waals surface area contributed by atoms with Gasteiger partial charge in [-0.1, -0.05) is 41.4 Å². The lowest BCUT2D eigenvalue weighted by Crippen LogP contribution is -2.57. The van der Waals surface area contributed by atoms with E-state index in [1.807, 2.05) is 11.8 Å². The second-order valence-electron chi connectivity index (χ2n) is 9.59. The molecule has 1 fully saturated rings. The van der Waals surface area contributed by atoms with Gasteiger partial charge in [-0.15, -0.1) is 11.3 Å². The molecule has 1 aromatic heterocycles. The zero-order valence-corrected chi connectivity index (χ0v) is 22.8. The van der Waals surface area contributed by atoms with E-state index in [0.29, 0.717) is 24.7 Å². The minimum Gasteiger partial charge on any atom is -0.339 e. The van der Waals surface area contributed by atoms with Crippen molar-refractivity contribution in [2.75, 3.05) is 32.7 Å². The molecule has 2 aliphatic heterocycles. The van der Waals surface area contributed by atoms with Crippen LogP contribution >= 0.6 is 22.9 Å². The van der Waals surface area contributed by atoms with Crippen LogP contribution in [-0.2, 0) is 21.2 Å². The van der Waals surface area contributed by atoms with Gasteiger partial charge in [-0.2, -0.15) is 4.31 Å². The van der Waals surface area contributed by atoms with E-state index in [1.54, 1.807) is 23.5 Å². The lowest BCUT2D eigenvalue weighted by molar-refractivity contribution is -0.135. The minimum atomic E-state index is -3.65. The van der Waals surface area contributed by atoms with Crippen LogP contribution in [0.2, 0.25) is 5.02 Å². The van der Waals surface area contributed by atoms with Gasteiger partial charge >= 0.3 is 0 Å². The van der Waals surface area contributed by atoms with Gasteiger partial charge in [0.25, 0.3) is 0 Å². The van der Waals surface area contributed by atoms with Gasteiger partial charge in [-0.3, -0.25) is 9.69 Å². The number of hydrogen-bond donors (Lipinski definition) is 0. The summed E-state index contributed by atoms with van der Waals surface area (Å²) in [5.74, 6) is 0.0428. The molecule has 3 aromatic rings. The molecule has 0 saturated carbocycles. The molecule has 0 N–H and O–H groups in total. The van der Waals surface area contributed by atoms with Crippen LogP contribution in [0.15, 0.2) is 64.9 Å². The van der Waals surface area contributed by atoms with Crippen molar-refractivity contribution in [3.05, 3.63) is 86.6 Å². The molecule has 1 amide bonds. The fourth-order valence-corrected chi connectivity index (χ4v) is 7.86. The number of halogens is 1. The molecule has 6 nitrogen and oxygen atoms in total. The van der Waals surface area contributed by atoms with Gasteiger partial charge in [-0.25, -0.2) is 8.42 Å². The highest BCUT2D eigenvalue weighted by Gasteiger charge is 2.37. The summed E-state index contributed by atoms with van der Waals surface area (Å²) in [7, 11) is -3.65. The smallest absolute Gasteiger partial charge is 0.243 e. The third kappa shape index (κ3) is 4.97. The second kappa shape index (κ2) is 10.3. The van der Waals surface area contributed by atoms with E-state index in [4.69, 9.17) is 11.6 Å². The number of nitrogens with zero attached hydrogens (tertiary/aromatic N) is 3. The quantitative estimate of drug-likeness (QED) is 0.472. The summed E-state index contributed by atoms with van der Waals surface area (Å²) in [4.78, 5) is 19.2. The maximum Gasteiger partial charge on any atom is 0.243 e. The van der Waals surface area contributed by atoms with E-state index in [2.05, 4.69) is 47.5 Å². The van der Waals surface area contributed by atoms with E-state index in [0.717, 1.165) is 13.0 Å². The van der Waals surface area contributed by atoms with Gasteiger partial charge in [0.2, 0.25) is 15.9 Å². The zero-order chi connectivity index (χ0) is 25.4. The fourth-order valence-electron chi connectivity index (χ4n) is 5.22. The molecular formula is C27H30ClN3O3S2. The van der Waals surface area contributed by atoms with Crippen molar-refractivity contribution in [3.63, 3.8) is 0 Å². The average molecular weight is 544 g/mol. The molecule has 0 radical (unpaired) electrons. The summed E-state index contributed by atoms with van der Waals surface area (Å²) < 4.78 is 27.9. The summed E-state index contributed by atoms with van der Waals surface area (Å²) in [6.07, 6.45) is 0.937. The third-order valence-corrected chi connectivity index (χ3v) is 10.4. The number of benzene rings is 2. The Kier molecular flexibility index (Phi) is 7.25. The van der Waals surface area contributed by atoms with Crippen molar-refractivity contribution < 1.29 is 13.2 Å². The molecule has 2 aromatic carbocycles. The van der Waals surface area contributed by atoms with Gasteiger partial charge in [0.15, 0.2) is 0 Å². The Labute approximate surface area is 222 Å². The Morgan fingerprint density at radius 1 is 1.03 bits per heavy atom. The van der Waals surface area contributed by atoms with Crippen LogP contribution < -0.4 is 0 Å². The number of aryl methyl sites for hydroxylation is 1. The summed E-state index contributed by atoms with van der Waals surface area (Å²) in [6, 6.07) is 16.7. The first-order chi connectivity index (χ1) is 17.2. The maximum absolute atomic E-state index is 13.5. The number of thiophene rings is 1. The molecular weight excluding hydrogens is 514 g/mol. The number of rotatable bonds is 5. The van der Waals surface area contributed by atoms with Crippen LogP contribution in [-0.4, -0.2) is 67.2 Å². The Hall–Kier alpha value is -2.23. The van der Waals surface area contributed by atoms with Crippen LogP contribution in [0.5, 0.6) is 0 Å². The zero-order valence-electron chi connectivity index (χ0n) is 20.4. The molecule has 0 aliphatic carbocycles. The lowest BCUT2D eigenvalue weighted by atomic mass is 9.92. The highest BCUT2D eigenvalue weighted by Crippen LogP contribution is 2.37. The summed E-state index contributed by atoms with van der Waals surface area (Å²) in [5, 5.41) is 2.63. The van der Waals surface area contributed by atoms with Crippen LogP contribution in [0.4, 0.5) is 0 Å². The van der Waals surface area contributed by atoms with Crippen molar-refractivity contribution in [1.29, 1.82) is 0 Å². The number of carbonyl (C=O) groups excluding carboxylic acids is 1. The highest BCUT2D eigenvalue weighted by atomic mass is 35.5. The van der Waals surface area contributed by atoms with Gasteiger partial charge in [0, 0.05) is 42.1 Å². The Bertz CT molecular complexity index is 1340. The Morgan fingerprint density at radius 2 is 1.75 bits per heavy atom. The molecule has 2 unspecified atom stereocenters. The van der Waals surface area contributed by atoms with Crippen molar-refractivity contribution in [3.8, 4) is 0 Å². The van der Waals surface area contributed by atoms with Gasteiger partial charge in [0.1, 0.15) is 0 Å². The lowest BCUT2D eigenvalue weighted by Gasteiger charge is -2.41. The van der Waals surface area contributed by atoms with Crippen molar-refractivity contribution >= 4 is 38.9 Å². The average Bonchev–Trinajstić information content (AvgIpc) is 3.33. The van der Waals surface area contributed by atoms with E-state index in [-0.39, 0.29) is 29.4 Å². The predicted molar refractivity (Wildman–Crippen MR) is 144 cm³/mol. The molecule has 0 bridgehead atoms. The molecule has 3 heterocycles. The number of piperazine rings is 1. The molecule has 36 heavy (non-hydrogen) atoms. The van der Waals surface area contributed by atoms with Gasteiger partial charge in [-0.05, 0) is 67.1 Å². The molecule has 5 rings (SSSR count). The van der Waals surface area contributed by atoms with Crippen molar-refractivity contribution in [2.45, 2.75) is 37.2 Å². The summed E-state index contributed by atoms with van der Waals surface area (Å²) in [5.41, 5.74) is 3.69. The van der Waals surface area contributed by atoms with Crippen molar-refractivity contribution in [1.82, 2.24) is 14.1 Å². The standard InChI is InChI=1S/C27H30ClN3O3S2/c1-19-3-5-21(6-4-19)27-24-12-16-35-25(24)11-13-30(27)18-26(32)29-14-15-31(20(2)17-29)36(33,34)23-9-7-22(28)8-10-23/h3-10,12,16,20,27H,11,13-15,17-18H2,1-2H3. The van der Waals surface area contributed by atoms with Crippen LogP contribution in [0.25, 0.3) is 0 Å². The number of carbonyl (C=O) groups is 1. The monoisotopic (exact) mass is 543 g/mol.